The topological polar surface area (TPSA) is 59.5 Å². The Labute approximate surface area is 190 Å². The highest BCUT2D eigenvalue weighted by Crippen LogP contribution is 2.34. The van der Waals surface area contributed by atoms with Crippen molar-refractivity contribution in [2.45, 2.75) is 23.0 Å². The molecule has 1 aliphatic rings. The van der Waals surface area contributed by atoms with E-state index in [-0.39, 0.29) is 9.92 Å². The number of methoxy groups -OCH3 is 1. The third kappa shape index (κ3) is 4.30. The second-order valence-electron chi connectivity index (χ2n) is 7.05. The fourth-order valence-corrected chi connectivity index (χ4v) is 6.94. The molecule has 1 saturated heterocycles. The average molecular weight is 483 g/mol. The quantitative estimate of drug-likeness (QED) is 0.475. The van der Waals surface area contributed by atoms with Gasteiger partial charge in [0, 0.05) is 29.1 Å². The van der Waals surface area contributed by atoms with Gasteiger partial charge < -0.3 is 9.64 Å². The van der Waals surface area contributed by atoms with Crippen molar-refractivity contribution in [3.8, 4) is 17.0 Å². The maximum atomic E-state index is 13.1. The Kier molecular flexibility index (Phi) is 6.25. The lowest BCUT2D eigenvalue weighted by atomic mass is 10.1. The molecule has 9 heteroatoms. The maximum absolute atomic E-state index is 13.1. The fourth-order valence-electron chi connectivity index (χ4n) is 3.56. The molecule has 158 valence electrons. The van der Waals surface area contributed by atoms with Crippen LogP contribution in [-0.4, -0.2) is 38.9 Å². The highest BCUT2D eigenvalue weighted by Gasteiger charge is 2.33. The average Bonchev–Trinajstić information content (AvgIpc) is 3.26. The first-order chi connectivity index (χ1) is 14.4. The number of ether oxygens (including phenoxy) is 1. The summed E-state index contributed by atoms with van der Waals surface area (Å²) >= 11 is 13.7. The van der Waals surface area contributed by atoms with Gasteiger partial charge in [-0.25, -0.2) is 13.4 Å². The Bertz CT molecular complexity index is 1160. The maximum Gasteiger partial charge on any atom is 0.185 e. The molecule has 0 bridgehead atoms. The first-order valence-electron chi connectivity index (χ1n) is 9.42. The minimum atomic E-state index is -3.54. The molecule has 1 aromatic heterocycles. The largest absolute Gasteiger partial charge is 0.497 e. The predicted octanol–water partition coefficient (Wildman–Crippen LogP) is 5.57. The van der Waals surface area contributed by atoms with E-state index in [1.165, 1.54) is 12.1 Å². The van der Waals surface area contributed by atoms with Crippen molar-refractivity contribution in [1.29, 1.82) is 0 Å². The van der Waals surface area contributed by atoms with Gasteiger partial charge in [-0.2, -0.15) is 0 Å². The van der Waals surface area contributed by atoms with Crippen molar-refractivity contribution in [3.05, 3.63) is 57.9 Å². The van der Waals surface area contributed by atoms with Gasteiger partial charge in [0.2, 0.25) is 0 Å². The van der Waals surface area contributed by atoms with Crippen LogP contribution in [0.15, 0.2) is 52.7 Å². The number of thiazole rings is 1. The molecule has 0 atom stereocenters. The van der Waals surface area contributed by atoms with Crippen LogP contribution in [0.25, 0.3) is 11.3 Å². The van der Waals surface area contributed by atoms with Crippen LogP contribution in [0.3, 0.4) is 0 Å². The molecule has 0 radical (unpaired) electrons. The van der Waals surface area contributed by atoms with Gasteiger partial charge in [0.05, 0.1) is 28.0 Å². The molecule has 5 nitrogen and oxygen atoms in total. The van der Waals surface area contributed by atoms with Crippen molar-refractivity contribution in [1.82, 2.24) is 4.98 Å². The third-order valence-corrected chi connectivity index (χ3v) is 9.09. The fraction of sp³-hybridized carbons (Fsp3) is 0.286. The number of rotatable bonds is 5. The van der Waals surface area contributed by atoms with E-state index in [0.717, 1.165) is 22.1 Å². The molecule has 30 heavy (non-hydrogen) atoms. The summed E-state index contributed by atoms with van der Waals surface area (Å²) in [5.41, 5.74) is 1.87. The Hall–Kier alpha value is -1.80. The third-order valence-electron chi connectivity index (χ3n) is 5.21. The van der Waals surface area contributed by atoms with Crippen LogP contribution in [0.1, 0.15) is 12.8 Å². The van der Waals surface area contributed by atoms with E-state index in [1.54, 1.807) is 24.5 Å². The zero-order valence-corrected chi connectivity index (χ0v) is 19.4. The molecule has 0 unspecified atom stereocenters. The molecular weight excluding hydrogens is 463 g/mol. The number of nitrogens with zero attached hydrogens (tertiary/aromatic N) is 2. The van der Waals surface area contributed by atoms with Crippen LogP contribution < -0.4 is 9.64 Å². The summed E-state index contributed by atoms with van der Waals surface area (Å²) in [6.45, 7) is 1.24. The zero-order chi connectivity index (χ0) is 21.3. The van der Waals surface area contributed by atoms with Crippen molar-refractivity contribution in [2.24, 2.45) is 0 Å². The number of benzene rings is 2. The van der Waals surface area contributed by atoms with E-state index in [4.69, 9.17) is 32.9 Å². The van der Waals surface area contributed by atoms with Crippen molar-refractivity contribution in [2.75, 3.05) is 25.1 Å². The molecule has 1 fully saturated rings. The second kappa shape index (κ2) is 8.75. The SMILES string of the molecule is COc1cccc(-c2csc(N3CCC(S(=O)(=O)c4cc(Cl)ccc4Cl)CC3)n2)c1. The highest BCUT2D eigenvalue weighted by molar-refractivity contribution is 7.92. The molecular formula is C21H20Cl2N2O3S2. The van der Waals surface area contributed by atoms with E-state index >= 15 is 0 Å². The molecule has 0 amide bonds. The number of halogens is 2. The van der Waals surface area contributed by atoms with Crippen molar-refractivity contribution in [3.63, 3.8) is 0 Å². The van der Waals surface area contributed by atoms with Crippen LogP contribution in [-0.2, 0) is 9.84 Å². The minimum absolute atomic E-state index is 0.115. The van der Waals surface area contributed by atoms with Crippen molar-refractivity contribution < 1.29 is 13.2 Å². The van der Waals surface area contributed by atoms with E-state index in [2.05, 4.69) is 4.90 Å². The molecule has 4 rings (SSSR count). The van der Waals surface area contributed by atoms with Crippen LogP contribution in [0.5, 0.6) is 5.75 Å². The van der Waals surface area contributed by atoms with Gasteiger partial charge >= 0.3 is 0 Å². The van der Waals surface area contributed by atoms with Crippen LogP contribution >= 0.6 is 34.5 Å². The van der Waals surface area contributed by atoms with Gasteiger partial charge in [-0.1, -0.05) is 35.3 Å². The van der Waals surface area contributed by atoms with E-state index in [0.29, 0.717) is 31.0 Å². The van der Waals surface area contributed by atoms with Crippen molar-refractivity contribution >= 4 is 49.5 Å². The summed E-state index contributed by atoms with van der Waals surface area (Å²) < 4.78 is 31.4. The number of anilines is 1. The summed E-state index contributed by atoms with van der Waals surface area (Å²) in [5, 5.41) is 3.00. The first-order valence-corrected chi connectivity index (χ1v) is 12.6. The lowest BCUT2D eigenvalue weighted by molar-refractivity contribution is 0.415. The van der Waals surface area contributed by atoms with Gasteiger partial charge in [0.1, 0.15) is 5.75 Å². The highest BCUT2D eigenvalue weighted by atomic mass is 35.5. The number of sulfone groups is 1. The summed E-state index contributed by atoms with van der Waals surface area (Å²) in [6, 6.07) is 12.3. The number of piperidine rings is 1. The summed E-state index contributed by atoms with van der Waals surface area (Å²) in [6.07, 6.45) is 1.03. The van der Waals surface area contributed by atoms with E-state index in [1.807, 2.05) is 29.6 Å². The smallest absolute Gasteiger partial charge is 0.185 e. The summed E-state index contributed by atoms with van der Waals surface area (Å²) in [4.78, 5) is 7.01. The predicted molar refractivity (Wildman–Crippen MR) is 123 cm³/mol. The molecule has 3 aromatic rings. The molecule has 0 spiro atoms. The van der Waals surface area contributed by atoms with Crippen LogP contribution in [0, 0.1) is 0 Å². The normalized spacial score (nSPS) is 15.4. The minimum Gasteiger partial charge on any atom is -0.497 e. The number of aromatic nitrogens is 1. The molecule has 2 aromatic carbocycles. The lowest BCUT2D eigenvalue weighted by Crippen LogP contribution is -2.39. The summed E-state index contributed by atoms with van der Waals surface area (Å²) in [7, 11) is -1.90. The molecule has 2 heterocycles. The molecule has 0 saturated carbocycles. The number of hydrogen-bond acceptors (Lipinski definition) is 6. The monoisotopic (exact) mass is 482 g/mol. The van der Waals surface area contributed by atoms with E-state index < -0.39 is 15.1 Å². The van der Waals surface area contributed by atoms with Gasteiger partial charge in [0.15, 0.2) is 15.0 Å². The molecule has 0 N–H and O–H groups in total. The Morgan fingerprint density at radius 2 is 1.90 bits per heavy atom. The van der Waals surface area contributed by atoms with Gasteiger partial charge in [0.25, 0.3) is 0 Å². The summed E-state index contributed by atoms with van der Waals surface area (Å²) in [5.74, 6) is 0.785. The van der Waals surface area contributed by atoms with Gasteiger partial charge in [-0.05, 0) is 43.2 Å². The molecule has 0 aliphatic carbocycles. The Morgan fingerprint density at radius 3 is 2.63 bits per heavy atom. The van der Waals surface area contributed by atoms with Crippen LogP contribution in [0.4, 0.5) is 5.13 Å². The lowest BCUT2D eigenvalue weighted by Gasteiger charge is -2.31. The Balaban J connectivity index is 1.47. The second-order valence-corrected chi connectivity index (χ2v) is 10.9. The first kappa shape index (κ1) is 21.4. The van der Waals surface area contributed by atoms with Crippen LogP contribution in [0.2, 0.25) is 10.0 Å². The molecule has 1 aliphatic heterocycles. The van der Waals surface area contributed by atoms with Gasteiger partial charge in [-0.15, -0.1) is 11.3 Å². The standard InChI is InChI=1S/C21H20Cl2N2O3S2/c1-28-16-4-2-3-14(11-16)19-13-29-21(24-19)25-9-7-17(8-10-25)30(26,27)20-12-15(22)5-6-18(20)23/h2-6,11-13,17H,7-10H2,1H3. The van der Waals surface area contributed by atoms with Gasteiger partial charge in [-0.3, -0.25) is 0 Å². The zero-order valence-electron chi connectivity index (χ0n) is 16.2. The Morgan fingerprint density at radius 1 is 1.13 bits per heavy atom. The van der Waals surface area contributed by atoms with E-state index in [9.17, 15) is 8.42 Å². The number of hydrogen-bond donors (Lipinski definition) is 0.